The lowest BCUT2D eigenvalue weighted by Gasteiger charge is -2.39. The molecule has 5 rings (SSSR count). The molecular weight excluding hydrogens is 358 g/mol. The largest absolute Gasteiger partial charge is 0.377 e. The zero-order chi connectivity index (χ0) is 19.8. The second-order valence-electron chi connectivity index (χ2n) is 8.74. The lowest BCUT2D eigenvalue weighted by Crippen LogP contribution is -2.39. The predicted octanol–water partition coefficient (Wildman–Crippen LogP) is 5.31. The van der Waals surface area contributed by atoms with Crippen molar-refractivity contribution in [3.05, 3.63) is 71.6 Å². The lowest BCUT2D eigenvalue weighted by atomic mass is 9.76. The van der Waals surface area contributed by atoms with Crippen LogP contribution in [-0.2, 0) is 0 Å². The van der Waals surface area contributed by atoms with Gasteiger partial charge in [0.05, 0.1) is 17.3 Å². The molecule has 0 saturated heterocycles. The van der Waals surface area contributed by atoms with Crippen molar-refractivity contribution in [3.63, 3.8) is 0 Å². The maximum Gasteiger partial charge on any atom is 0.255 e. The van der Waals surface area contributed by atoms with Gasteiger partial charge >= 0.3 is 0 Å². The minimum absolute atomic E-state index is 0.145. The van der Waals surface area contributed by atoms with Gasteiger partial charge < -0.3 is 10.2 Å². The Labute approximate surface area is 173 Å². The normalized spacial score (nSPS) is 25.8. The highest BCUT2D eigenvalue weighted by atomic mass is 16.2. The molecule has 4 nitrogen and oxygen atoms in total. The first kappa shape index (κ1) is 18.4. The van der Waals surface area contributed by atoms with Crippen LogP contribution >= 0.6 is 0 Å². The Morgan fingerprint density at radius 1 is 1.14 bits per heavy atom. The molecule has 2 heterocycles. The minimum atomic E-state index is 0.145. The van der Waals surface area contributed by atoms with E-state index in [4.69, 9.17) is 0 Å². The molecule has 3 unspecified atom stereocenters. The monoisotopic (exact) mass is 387 g/mol. The summed E-state index contributed by atoms with van der Waals surface area (Å²) in [7, 11) is 1.98. The summed E-state index contributed by atoms with van der Waals surface area (Å²) in [4.78, 5) is 19.8. The maximum atomic E-state index is 13.5. The molecule has 1 saturated carbocycles. The van der Waals surface area contributed by atoms with Crippen LogP contribution in [0.25, 0.3) is 0 Å². The molecule has 1 aliphatic heterocycles. The van der Waals surface area contributed by atoms with E-state index >= 15 is 0 Å². The zero-order valence-electron chi connectivity index (χ0n) is 17.1. The first-order valence-corrected chi connectivity index (χ1v) is 11.0. The number of fused-ring (bicyclic) bond motifs is 3. The number of anilines is 1. The van der Waals surface area contributed by atoms with Gasteiger partial charge in [-0.15, -0.1) is 0 Å². The maximum absolute atomic E-state index is 13.5. The average Bonchev–Trinajstić information content (AvgIpc) is 3.28. The van der Waals surface area contributed by atoms with Gasteiger partial charge in [0.1, 0.15) is 0 Å². The van der Waals surface area contributed by atoms with Crippen molar-refractivity contribution in [2.45, 2.75) is 56.5 Å². The van der Waals surface area contributed by atoms with Gasteiger partial charge in [0.2, 0.25) is 0 Å². The number of amides is 1. The highest BCUT2D eigenvalue weighted by Gasteiger charge is 2.39. The summed E-state index contributed by atoms with van der Waals surface area (Å²) in [5, 5.41) is 3.76. The number of hydrogen-bond donors (Lipinski definition) is 1. The molecule has 3 aliphatic rings. The number of aromatic nitrogens is 1. The van der Waals surface area contributed by atoms with E-state index in [2.05, 4.69) is 40.7 Å². The second-order valence-corrected chi connectivity index (χ2v) is 8.74. The van der Waals surface area contributed by atoms with E-state index < -0.39 is 0 Å². The molecule has 1 N–H and O–H groups in total. The molecule has 1 aromatic carbocycles. The molecule has 1 fully saturated rings. The Morgan fingerprint density at radius 3 is 2.79 bits per heavy atom. The van der Waals surface area contributed by atoms with E-state index in [9.17, 15) is 4.79 Å². The number of pyridine rings is 1. The van der Waals surface area contributed by atoms with Crippen LogP contribution in [0.3, 0.4) is 0 Å². The molecule has 3 atom stereocenters. The number of nitrogens with zero attached hydrogens (tertiary/aromatic N) is 2. The van der Waals surface area contributed by atoms with Crippen LogP contribution in [0.2, 0.25) is 0 Å². The number of para-hydroxylation sites is 1. The summed E-state index contributed by atoms with van der Waals surface area (Å²) in [6.07, 6.45) is 15.4. The van der Waals surface area contributed by atoms with Gasteiger partial charge in [-0.05, 0) is 48.4 Å². The SMILES string of the molecule is CN(C(=O)c1cccc2c1NC(c1cccnc1)C1CC=CC21)C1CCCCC1. The molecule has 0 radical (unpaired) electrons. The second kappa shape index (κ2) is 7.66. The molecule has 2 aromatic rings. The van der Waals surface area contributed by atoms with Crippen LogP contribution in [0.5, 0.6) is 0 Å². The average molecular weight is 388 g/mol. The Kier molecular flexibility index (Phi) is 4.86. The highest BCUT2D eigenvalue weighted by molar-refractivity contribution is 6.01. The van der Waals surface area contributed by atoms with Crippen LogP contribution in [0, 0.1) is 5.92 Å². The number of hydrogen-bond acceptors (Lipinski definition) is 3. The van der Waals surface area contributed by atoms with Crippen molar-refractivity contribution in [3.8, 4) is 0 Å². The van der Waals surface area contributed by atoms with E-state index in [0.717, 1.165) is 30.5 Å². The fourth-order valence-corrected chi connectivity index (χ4v) is 5.51. The Bertz CT molecular complexity index is 917. The Balaban J connectivity index is 1.51. The highest BCUT2D eigenvalue weighted by Crippen LogP contribution is 2.50. The zero-order valence-corrected chi connectivity index (χ0v) is 17.1. The van der Waals surface area contributed by atoms with E-state index in [1.54, 1.807) is 0 Å². The molecule has 0 spiro atoms. The van der Waals surface area contributed by atoms with Crippen molar-refractivity contribution in [1.29, 1.82) is 0 Å². The summed E-state index contributed by atoms with van der Waals surface area (Å²) in [6, 6.07) is 10.9. The predicted molar refractivity (Wildman–Crippen MR) is 116 cm³/mol. The van der Waals surface area contributed by atoms with Gasteiger partial charge in [0.25, 0.3) is 5.91 Å². The topological polar surface area (TPSA) is 45.2 Å². The number of allylic oxidation sites excluding steroid dienone is 2. The van der Waals surface area contributed by atoms with E-state index in [1.807, 2.05) is 36.5 Å². The first-order chi connectivity index (χ1) is 14.2. The van der Waals surface area contributed by atoms with Crippen LogP contribution < -0.4 is 5.32 Å². The van der Waals surface area contributed by atoms with Gasteiger partial charge in [-0.3, -0.25) is 9.78 Å². The van der Waals surface area contributed by atoms with Gasteiger partial charge in [0, 0.05) is 31.4 Å². The fraction of sp³-hybridized carbons (Fsp3) is 0.440. The summed E-state index contributed by atoms with van der Waals surface area (Å²) in [6.45, 7) is 0. The van der Waals surface area contributed by atoms with Crippen LogP contribution in [0.15, 0.2) is 54.9 Å². The first-order valence-electron chi connectivity index (χ1n) is 11.0. The number of carbonyl (C=O) groups is 1. The Morgan fingerprint density at radius 2 is 2.00 bits per heavy atom. The molecule has 2 aliphatic carbocycles. The standard InChI is InChI=1S/C25H29N3O/c1-28(18-9-3-2-4-10-18)25(29)22-14-6-13-21-19-11-5-12-20(19)23(27-24(21)22)17-8-7-15-26-16-17/h5-8,11,13-16,18-20,23,27H,2-4,9-10,12H2,1H3. The Hall–Kier alpha value is -2.62. The molecule has 150 valence electrons. The number of rotatable bonds is 3. The molecule has 1 amide bonds. The van der Waals surface area contributed by atoms with Crippen LogP contribution in [0.1, 0.15) is 72.0 Å². The fourth-order valence-electron chi connectivity index (χ4n) is 5.51. The van der Waals surface area contributed by atoms with Crippen LogP contribution in [-0.4, -0.2) is 28.9 Å². The van der Waals surface area contributed by atoms with Crippen molar-refractivity contribution < 1.29 is 4.79 Å². The summed E-state index contributed by atoms with van der Waals surface area (Å²) in [5.74, 6) is 0.962. The minimum Gasteiger partial charge on any atom is -0.377 e. The third kappa shape index (κ3) is 3.25. The molecule has 4 heteroatoms. The molecule has 0 bridgehead atoms. The third-order valence-corrected chi connectivity index (χ3v) is 7.11. The van der Waals surface area contributed by atoms with Crippen molar-refractivity contribution in [2.75, 3.05) is 12.4 Å². The van der Waals surface area contributed by atoms with Gasteiger partial charge in [0.15, 0.2) is 0 Å². The smallest absolute Gasteiger partial charge is 0.255 e. The summed E-state index contributed by atoms with van der Waals surface area (Å²) >= 11 is 0. The van der Waals surface area contributed by atoms with E-state index in [-0.39, 0.29) is 11.9 Å². The van der Waals surface area contributed by atoms with Crippen molar-refractivity contribution >= 4 is 11.6 Å². The van der Waals surface area contributed by atoms with E-state index in [1.165, 1.54) is 30.4 Å². The van der Waals surface area contributed by atoms with Gasteiger partial charge in [-0.25, -0.2) is 0 Å². The number of nitrogens with one attached hydrogen (secondary N) is 1. The van der Waals surface area contributed by atoms with Crippen molar-refractivity contribution in [2.24, 2.45) is 5.92 Å². The van der Waals surface area contributed by atoms with Gasteiger partial charge in [-0.1, -0.05) is 49.6 Å². The summed E-state index contributed by atoms with van der Waals surface area (Å²) in [5.41, 5.74) is 4.27. The quantitative estimate of drug-likeness (QED) is 0.726. The molecule has 1 aromatic heterocycles. The number of benzene rings is 1. The molecular formula is C25H29N3O. The number of carbonyl (C=O) groups excluding carboxylic acids is 1. The lowest BCUT2D eigenvalue weighted by molar-refractivity contribution is 0.0697. The summed E-state index contributed by atoms with van der Waals surface area (Å²) < 4.78 is 0. The van der Waals surface area contributed by atoms with Gasteiger partial charge in [-0.2, -0.15) is 0 Å². The van der Waals surface area contributed by atoms with E-state index in [0.29, 0.717) is 17.9 Å². The van der Waals surface area contributed by atoms with Crippen molar-refractivity contribution in [1.82, 2.24) is 9.88 Å². The third-order valence-electron chi connectivity index (χ3n) is 7.11. The molecule has 29 heavy (non-hydrogen) atoms. The van der Waals surface area contributed by atoms with Crippen LogP contribution in [0.4, 0.5) is 5.69 Å².